The molecule has 0 spiro atoms. The minimum atomic E-state index is -0.859. The van der Waals surface area contributed by atoms with E-state index in [-0.39, 0.29) is 24.1 Å². The topological polar surface area (TPSA) is 84.5 Å². The number of ether oxygens (including phenoxy) is 5. The van der Waals surface area contributed by atoms with Crippen LogP contribution in [0.25, 0.3) is 0 Å². The van der Waals surface area contributed by atoms with Crippen LogP contribution in [-0.4, -0.2) is 39.5 Å². The number of rotatable bonds is 5. The second kappa shape index (κ2) is 7.57. The van der Waals surface area contributed by atoms with Crippen LogP contribution in [0.4, 0.5) is 0 Å². The second-order valence-corrected chi connectivity index (χ2v) is 9.36. The van der Waals surface area contributed by atoms with Gasteiger partial charge in [-0.05, 0) is 30.2 Å². The monoisotopic (exact) mass is 472 g/mol. The first kappa shape index (κ1) is 21.6. The van der Waals surface area contributed by atoms with E-state index in [9.17, 15) is 0 Å². The normalized spacial score (nSPS) is 29.8. The summed E-state index contributed by atoms with van der Waals surface area (Å²) in [6.45, 7) is 2.17. The van der Waals surface area contributed by atoms with Gasteiger partial charge in [0.2, 0.25) is 0 Å². The molecule has 7 nitrogen and oxygen atoms in total. The smallest absolute Gasteiger partial charge is 0.282 e. The average molecular weight is 473 g/mol. The van der Waals surface area contributed by atoms with Crippen molar-refractivity contribution in [3.63, 3.8) is 0 Å². The summed E-state index contributed by atoms with van der Waals surface area (Å²) in [6.07, 6.45) is -0.363. The van der Waals surface area contributed by atoms with Gasteiger partial charge in [-0.15, -0.1) is 0 Å². The van der Waals surface area contributed by atoms with Gasteiger partial charge in [0.25, 0.3) is 6.02 Å². The zero-order valence-corrected chi connectivity index (χ0v) is 20.1. The van der Waals surface area contributed by atoms with Crippen LogP contribution in [0.3, 0.4) is 0 Å². The first-order valence-electron chi connectivity index (χ1n) is 11.6. The highest BCUT2D eigenvalue weighted by Crippen LogP contribution is 2.71. The molecule has 1 aliphatic carbocycles. The first-order valence-corrected chi connectivity index (χ1v) is 11.6. The SMILES string of the molecule is COc1ccc([C@@]23Oc4cc(OC)cc(OC)c4[C@]2(C)[C@@H]2OC(N)=N[C@@H]2[C@H]3c2ccccc2)cc1. The van der Waals surface area contributed by atoms with E-state index >= 15 is 0 Å². The van der Waals surface area contributed by atoms with Gasteiger partial charge in [0.1, 0.15) is 35.1 Å². The summed E-state index contributed by atoms with van der Waals surface area (Å²) in [4.78, 5) is 4.80. The van der Waals surface area contributed by atoms with Crippen molar-refractivity contribution in [2.24, 2.45) is 10.7 Å². The summed E-state index contributed by atoms with van der Waals surface area (Å²) in [7, 11) is 4.96. The lowest BCUT2D eigenvalue weighted by Gasteiger charge is -2.42. The molecular formula is C28H28N2O5. The predicted octanol–water partition coefficient (Wildman–Crippen LogP) is 4.14. The Bertz CT molecular complexity index is 1310. The Kier molecular flexibility index (Phi) is 4.68. The number of amidine groups is 1. The number of hydrogen-bond donors (Lipinski definition) is 1. The zero-order valence-electron chi connectivity index (χ0n) is 20.1. The van der Waals surface area contributed by atoms with Crippen molar-refractivity contribution in [3.05, 3.63) is 83.4 Å². The van der Waals surface area contributed by atoms with E-state index in [2.05, 4.69) is 31.2 Å². The van der Waals surface area contributed by atoms with Gasteiger partial charge in [0, 0.05) is 12.1 Å². The van der Waals surface area contributed by atoms with Crippen LogP contribution in [0, 0.1) is 0 Å². The molecule has 0 radical (unpaired) electrons. The molecule has 0 amide bonds. The Balaban J connectivity index is 1.69. The summed E-state index contributed by atoms with van der Waals surface area (Å²) >= 11 is 0. The number of benzene rings is 3. The van der Waals surface area contributed by atoms with Crippen molar-refractivity contribution in [1.29, 1.82) is 0 Å². The van der Waals surface area contributed by atoms with Crippen molar-refractivity contribution in [2.75, 3.05) is 21.3 Å². The van der Waals surface area contributed by atoms with Gasteiger partial charge < -0.3 is 29.4 Å². The van der Waals surface area contributed by atoms with Gasteiger partial charge in [-0.2, -0.15) is 0 Å². The lowest BCUT2D eigenvalue weighted by atomic mass is 9.64. The van der Waals surface area contributed by atoms with E-state index in [1.54, 1.807) is 21.3 Å². The molecular weight excluding hydrogens is 444 g/mol. The Morgan fingerprint density at radius 1 is 0.886 bits per heavy atom. The molecule has 35 heavy (non-hydrogen) atoms. The van der Waals surface area contributed by atoms with Gasteiger partial charge >= 0.3 is 0 Å². The fourth-order valence-electron chi connectivity index (χ4n) is 6.51. The molecule has 5 atom stereocenters. The number of nitrogens with zero attached hydrogens (tertiary/aromatic N) is 1. The van der Waals surface area contributed by atoms with Crippen molar-refractivity contribution >= 4 is 6.02 Å². The molecule has 2 heterocycles. The van der Waals surface area contributed by atoms with E-state index in [1.165, 1.54) is 0 Å². The molecule has 180 valence electrons. The molecule has 0 saturated heterocycles. The molecule has 7 heteroatoms. The van der Waals surface area contributed by atoms with Gasteiger partial charge in [0.05, 0.1) is 38.2 Å². The molecule has 0 bridgehead atoms. The number of fused-ring (bicyclic) bond motifs is 5. The van der Waals surface area contributed by atoms with Gasteiger partial charge in [0.15, 0.2) is 5.60 Å². The third-order valence-electron chi connectivity index (χ3n) is 7.92. The van der Waals surface area contributed by atoms with Crippen LogP contribution in [0.5, 0.6) is 23.0 Å². The Morgan fingerprint density at radius 3 is 2.26 bits per heavy atom. The summed E-state index contributed by atoms with van der Waals surface area (Å²) < 4.78 is 30.3. The molecule has 1 saturated carbocycles. The fraction of sp³-hybridized carbons (Fsp3) is 0.321. The minimum absolute atomic E-state index is 0.184. The Labute approximate surface area is 204 Å². The van der Waals surface area contributed by atoms with Crippen LogP contribution in [0.15, 0.2) is 71.7 Å². The Morgan fingerprint density at radius 2 is 1.60 bits per heavy atom. The largest absolute Gasteiger partial charge is 0.497 e. The summed E-state index contributed by atoms with van der Waals surface area (Å²) in [6, 6.07) is 22.1. The number of nitrogens with two attached hydrogens (primary N) is 1. The second-order valence-electron chi connectivity index (χ2n) is 9.36. The minimum Gasteiger partial charge on any atom is -0.497 e. The maximum absolute atomic E-state index is 7.11. The lowest BCUT2D eigenvalue weighted by molar-refractivity contribution is -0.00235. The maximum Gasteiger partial charge on any atom is 0.282 e. The van der Waals surface area contributed by atoms with Crippen LogP contribution in [0.1, 0.15) is 29.5 Å². The van der Waals surface area contributed by atoms with Crippen LogP contribution >= 0.6 is 0 Å². The van der Waals surface area contributed by atoms with Crippen molar-refractivity contribution in [1.82, 2.24) is 0 Å². The standard InChI is InChI=1S/C28H28N2O5/c1-27-23-20(33-4)14-19(32-3)15-21(23)35-28(27,17-10-12-18(31-2)13-11-17)22(16-8-6-5-7-9-16)24-25(27)34-26(29)30-24/h5-15,22,24-25H,1-4H3,(H2,29,30)/t22-,24-,25-,27-,28+/m1/s1. The fourth-order valence-corrected chi connectivity index (χ4v) is 6.51. The van der Waals surface area contributed by atoms with Crippen molar-refractivity contribution in [2.45, 2.75) is 36.0 Å². The maximum atomic E-state index is 7.11. The molecule has 6 rings (SSSR count). The summed E-state index contributed by atoms with van der Waals surface area (Å²) in [5, 5.41) is 0. The first-order chi connectivity index (χ1) is 17.0. The summed E-state index contributed by atoms with van der Waals surface area (Å²) in [5.41, 5.74) is 7.66. The number of aliphatic imine (C=N–C) groups is 1. The molecule has 0 aromatic heterocycles. The lowest BCUT2D eigenvalue weighted by Crippen LogP contribution is -2.51. The van der Waals surface area contributed by atoms with Crippen molar-refractivity contribution < 1.29 is 23.7 Å². The third-order valence-corrected chi connectivity index (χ3v) is 7.92. The average Bonchev–Trinajstić information content (AvgIpc) is 3.46. The van der Waals surface area contributed by atoms with Crippen molar-refractivity contribution in [3.8, 4) is 23.0 Å². The van der Waals surface area contributed by atoms with E-state index in [1.807, 2.05) is 42.5 Å². The summed E-state index contributed by atoms with van der Waals surface area (Å²) in [5.74, 6) is 2.63. The van der Waals surface area contributed by atoms with Gasteiger partial charge in [-0.1, -0.05) is 42.5 Å². The molecule has 0 unspecified atom stereocenters. The highest BCUT2D eigenvalue weighted by atomic mass is 16.5. The van der Waals surface area contributed by atoms with Gasteiger partial charge in [-0.3, -0.25) is 0 Å². The zero-order chi connectivity index (χ0) is 24.4. The molecule has 2 N–H and O–H groups in total. The molecule has 3 aromatic carbocycles. The quantitative estimate of drug-likeness (QED) is 0.601. The third kappa shape index (κ3) is 2.69. The van der Waals surface area contributed by atoms with Crippen LogP contribution < -0.4 is 24.7 Å². The number of methoxy groups -OCH3 is 3. The van der Waals surface area contributed by atoms with Gasteiger partial charge in [-0.25, -0.2) is 4.99 Å². The van der Waals surface area contributed by atoms with Crippen LogP contribution in [0.2, 0.25) is 0 Å². The van der Waals surface area contributed by atoms with E-state index in [0.717, 1.165) is 22.4 Å². The molecule has 1 fully saturated rings. The molecule has 2 aliphatic heterocycles. The predicted molar refractivity (Wildman–Crippen MR) is 132 cm³/mol. The Hall–Kier alpha value is -3.87. The molecule has 3 aromatic rings. The molecule has 3 aliphatic rings. The number of hydrogen-bond acceptors (Lipinski definition) is 7. The highest BCUT2D eigenvalue weighted by Gasteiger charge is 2.77. The van der Waals surface area contributed by atoms with Crippen LogP contribution in [-0.2, 0) is 15.8 Å². The highest BCUT2D eigenvalue weighted by molar-refractivity contribution is 5.76. The van der Waals surface area contributed by atoms with E-state index in [0.29, 0.717) is 17.2 Å². The van der Waals surface area contributed by atoms with E-state index in [4.69, 9.17) is 34.4 Å². The van der Waals surface area contributed by atoms with E-state index < -0.39 is 11.0 Å².